The van der Waals surface area contributed by atoms with Gasteiger partial charge in [0.05, 0.1) is 18.2 Å². The van der Waals surface area contributed by atoms with Crippen molar-refractivity contribution >= 4 is 23.4 Å². The SMILES string of the molecule is COc1cccc(-c2ccccc2C(=O)O)c1C(=O)Nc1ccc(C(=N)N)cc1. The van der Waals surface area contributed by atoms with Gasteiger partial charge in [-0.25, -0.2) is 4.79 Å². The quantitative estimate of drug-likeness (QED) is 0.379. The molecule has 0 heterocycles. The van der Waals surface area contributed by atoms with E-state index >= 15 is 0 Å². The fourth-order valence-electron chi connectivity index (χ4n) is 2.99. The lowest BCUT2D eigenvalue weighted by Gasteiger charge is -2.15. The highest BCUT2D eigenvalue weighted by atomic mass is 16.5. The summed E-state index contributed by atoms with van der Waals surface area (Å²) >= 11 is 0. The zero-order valence-electron chi connectivity index (χ0n) is 15.6. The first kappa shape index (κ1) is 19.6. The van der Waals surface area contributed by atoms with E-state index in [0.29, 0.717) is 28.1 Å². The van der Waals surface area contributed by atoms with Gasteiger partial charge in [0.2, 0.25) is 0 Å². The largest absolute Gasteiger partial charge is 0.496 e. The summed E-state index contributed by atoms with van der Waals surface area (Å²) in [5.74, 6) is -1.29. The predicted molar refractivity (Wildman–Crippen MR) is 111 cm³/mol. The van der Waals surface area contributed by atoms with Crippen LogP contribution in [-0.2, 0) is 0 Å². The highest BCUT2D eigenvalue weighted by molar-refractivity contribution is 6.12. The van der Waals surface area contributed by atoms with Gasteiger partial charge in [-0.05, 0) is 47.5 Å². The second-order valence-corrected chi connectivity index (χ2v) is 6.18. The molecule has 0 bridgehead atoms. The van der Waals surface area contributed by atoms with Crippen LogP contribution in [0.4, 0.5) is 5.69 Å². The molecule has 1 amide bonds. The maximum atomic E-state index is 13.1. The predicted octanol–water partition coefficient (Wildman–Crippen LogP) is 3.60. The van der Waals surface area contributed by atoms with Crippen LogP contribution in [0.5, 0.6) is 5.75 Å². The van der Waals surface area contributed by atoms with Gasteiger partial charge in [-0.3, -0.25) is 10.2 Å². The number of ether oxygens (including phenoxy) is 1. The van der Waals surface area contributed by atoms with Crippen molar-refractivity contribution in [2.24, 2.45) is 5.73 Å². The molecule has 0 saturated heterocycles. The van der Waals surface area contributed by atoms with Gasteiger partial charge in [0.25, 0.3) is 5.91 Å². The first-order valence-corrected chi connectivity index (χ1v) is 8.68. The Morgan fingerprint density at radius 3 is 2.24 bits per heavy atom. The van der Waals surface area contributed by atoms with Crippen molar-refractivity contribution < 1.29 is 19.4 Å². The van der Waals surface area contributed by atoms with E-state index in [0.717, 1.165) is 0 Å². The molecule has 0 atom stereocenters. The number of benzene rings is 3. The molecule has 0 aromatic heterocycles. The number of nitrogen functional groups attached to an aromatic ring is 1. The second-order valence-electron chi connectivity index (χ2n) is 6.18. The van der Waals surface area contributed by atoms with Crippen molar-refractivity contribution in [3.63, 3.8) is 0 Å². The number of anilines is 1. The fraction of sp³-hybridized carbons (Fsp3) is 0.0455. The lowest BCUT2D eigenvalue weighted by Crippen LogP contribution is -2.16. The summed E-state index contributed by atoms with van der Waals surface area (Å²) in [5, 5.41) is 19.7. The first-order valence-electron chi connectivity index (χ1n) is 8.68. The lowest BCUT2D eigenvalue weighted by atomic mass is 9.94. The number of carbonyl (C=O) groups is 2. The molecular weight excluding hydrogens is 370 g/mol. The van der Waals surface area contributed by atoms with Crippen LogP contribution in [0.2, 0.25) is 0 Å². The van der Waals surface area contributed by atoms with Crippen molar-refractivity contribution in [2.45, 2.75) is 0 Å². The zero-order valence-corrected chi connectivity index (χ0v) is 15.6. The third-order valence-electron chi connectivity index (χ3n) is 4.37. The second kappa shape index (κ2) is 8.26. The molecule has 0 aliphatic carbocycles. The average molecular weight is 389 g/mol. The number of hydrogen-bond donors (Lipinski definition) is 4. The van der Waals surface area contributed by atoms with Gasteiger partial charge in [-0.15, -0.1) is 0 Å². The third kappa shape index (κ3) is 4.08. The van der Waals surface area contributed by atoms with Crippen LogP contribution >= 0.6 is 0 Å². The monoisotopic (exact) mass is 389 g/mol. The Balaban J connectivity index is 2.06. The van der Waals surface area contributed by atoms with Crippen LogP contribution in [-0.4, -0.2) is 29.9 Å². The summed E-state index contributed by atoms with van der Waals surface area (Å²) in [6, 6.07) is 18.0. The highest BCUT2D eigenvalue weighted by Gasteiger charge is 2.21. The van der Waals surface area contributed by atoms with Gasteiger partial charge in [-0.2, -0.15) is 0 Å². The molecule has 3 aromatic carbocycles. The van der Waals surface area contributed by atoms with E-state index < -0.39 is 11.9 Å². The Kier molecular flexibility index (Phi) is 5.59. The summed E-state index contributed by atoms with van der Waals surface area (Å²) in [6.45, 7) is 0. The summed E-state index contributed by atoms with van der Waals surface area (Å²) in [4.78, 5) is 24.7. The van der Waals surface area contributed by atoms with Crippen LogP contribution in [0.3, 0.4) is 0 Å². The Bertz CT molecular complexity index is 1090. The number of methoxy groups -OCH3 is 1. The van der Waals surface area contributed by atoms with Crippen molar-refractivity contribution in [1.82, 2.24) is 0 Å². The number of carboxylic acid groups (broad SMARTS) is 1. The van der Waals surface area contributed by atoms with Crippen LogP contribution in [0.15, 0.2) is 66.7 Å². The van der Waals surface area contributed by atoms with Crippen molar-refractivity contribution in [3.05, 3.63) is 83.4 Å². The molecule has 0 saturated carbocycles. The number of carbonyl (C=O) groups excluding carboxylic acids is 1. The molecule has 0 unspecified atom stereocenters. The Hall–Kier alpha value is -4.13. The molecule has 29 heavy (non-hydrogen) atoms. The highest BCUT2D eigenvalue weighted by Crippen LogP contribution is 2.33. The van der Waals surface area contributed by atoms with Gasteiger partial charge in [0.1, 0.15) is 11.6 Å². The topological polar surface area (TPSA) is 125 Å². The van der Waals surface area contributed by atoms with E-state index in [1.54, 1.807) is 60.7 Å². The van der Waals surface area contributed by atoms with E-state index in [2.05, 4.69) is 5.32 Å². The van der Waals surface area contributed by atoms with Gasteiger partial charge in [-0.1, -0.05) is 30.3 Å². The third-order valence-corrected chi connectivity index (χ3v) is 4.37. The van der Waals surface area contributed by atoms with E-state index in [-0.39, 0.29) is 17.0 Å². The molecule has 0 aliphatic rings. The van der Waals surface area contributed by atoms with Crippen LogP contribution in [0.25, 0.3) is 11.1 Å². The number of aromatic carboxylic acids is 1. The van der Waals surface area contributed by atoms with Crippen LogP contribution < -0.4 is 15.8 Å². The maximum absolute atomic E-state index is 13.1. The Morgan fingerprint density at radius 1 is 0.966 bits per heavy atom. The average Bonchev–Trinajstić information content (AvgIpc) is 2.73. The minimum absolute atomic E-state index is 0.0693. The summed E-state index contributed by atoms with van der Waals surface area (Å²) in [5.41, 5.74) is 7.65. The number of nitrogens with two attached hydrogens (primary N) is 1. The van der Waals surface area contributed by atoms with Crippen LogP contribution in [0, 0.1) is 5.41 Å². The number of hydrogen-bond acceptors (Lipinski definition) is 4. The number of amidine groups is 1. The normalized spacial score (nSPS) is 10.2. The van der Waals surface area contributed by atoms with Crippen LogP contribution in [0.1, 0.15) is 26.3 Å². The number of rotatable bonds is 6. The molecule has 3 rings (SSSR count). The summed E-state index contributed by atoms with van der Waals surface area (Å²) < 4.78 is 5.36. The van der Waals surface area contributed by atoms with Gasteiger partial charge >= 0.3 is 5.97 Å². The van der Waals surface area contributed by atoms with Gasteiger partial charge < -0.3 is 20.9 Å². The van der Waals surface area contributed by atoms with Gasteiger partial charge in [0, 0.05) is 11.3 Å². The maximum Gasteiger partial charge on any atom is 0.336 e. The molecule has 0 radical (unpaired) electrons. The summed E-state index contributed by atoms with van der Waals surface area (Å²) in [6.07, 6.45) is 0. The van der Waals surface area contributed by atoms with Crippen molar-refractivity contribution in [2.75, 3.05) is 12.4 Å². The number of nitrogens with one attached hydrogen (secondary N) is 2. The molecule has 7 heteroatoms. The molecule has 0 aliphatic heterocycles. The van der Waals surface area contributed by atoms with Crippen molar-refractivity contribution in [3.8, 4) is 16.9 Å². The lowest BCUT2D eigenvalue weighted by molar-refractivity contribution is 0.0697. The molecule has 0 spiro atoms. The minimum atomic E-state index is -1.09. The molecule has 7 nitrogen and oxygen atoms in total. The smallest absolute Gasteiger partial charge is 0.336 e. The number of amides is 1. The van der Waals surface area contributed by atoms with Gasteiger partial charge in [0.15, 0.2) is 0 Å². The Labute approximate surface area is 167 Å². The molecule has 146 valence electrons. The van der Waals surface area contributed by atoms with E-state index in [4.69, 9.17) is 15.9 Å². The molecular formula is C22H19N3O4. The molecule has 3 aromatic rings. The fourth-order valence-corrected chi connectivity index (χ4v) is 2.99. The standard InChI is InChI=1S/C22H19N3O4/c1-29-18-8-4-7-16(15-5-2-3-6-17(15)22(27)28)19(18)21(26)25-14-11-9-13(10-12-14)20(23)24/h2-12H,1H3,(H3,23,24)(H,25,26)(H,27,28). The zero-order chi connectivity index (χ0) is 21.0. The van der Waals surface area contributed by atoms with E-state index in [1.165, 1.54) is 13.2 Å². The van der Waals surface area contributed by atoms with Crippen molar-refractivity contribution in [1.29, 1.82) is 5.41 Å². The first-order chi connectivity index (χ1) is 13.9. The molecule has 5 N–H and O–H groups in total. The molecule has 0 fully saturated rings. The van der Waals surface area contributed by atoms with E-state index in [1.807, 2.05) is 0 Å². The van der Waals surface area contributed by atoms with E-state index in [9.17, 15) is 14.7 Å². The Morgan fingerprint density at radius 2 is 1.62 bits per heavy atom. The number of carboxylic acids is 1. The summed E-state index contributed by atoms with van der Waals surface area (Å²) in [7, 11) is 1.45. The minimum Gasteiger partial charge on any atom is -0.496 e.